The van der Waals surface area contributed by atoms with E-state index in [1.807, 2.05) is 0 Å². The van der Waals surface area contributed by atoms with Gasteiger partial charge in [0.25, 0.3) is 0 Å². The lowest BCUT2D eigenvalue weighted by Crippen LogP contribution is -2.50. The Morgan fingerprint density at radius 3 is 1.94 bits per heavy atom. The predicted octanol–water partition coefficient (Wildman–Crippen LogP) is 2.72. The molecule has 102 valence electrons. The zero-order chi connectivity index (χ0) is 14.0. The maximum absolute atomic E-state index is 13.5. The van der Waals surface area contributed by atoms with Crippen molar-refractivity contribution in [3.8, 4) is 0 Å². The number of aliphatic hydroxyl groups is 1. The molecule has 0 spiro atoms. The maximum Gasteiger partial charge on any atom is 0.439 e. The van der Waals surface area contributed by atoms with Gasteiger partial charge in [-0.2, -0.15) is 8.78 Å². The van der Waals surface area contributed by atoms with E-state index in [9.17, 15) is 18.1 Å². The number of hydrogen-bond donors (Lipinski definition) is 1. The monoisotopic (exact) mass is 257 g/mol. The molecular weight excluding hydrogens is 239 g/mol. The molecule has 0 radical (unpaired) electrons. The smallest absolute Gasteiger partial charge is 0.439 e. The van der Waals surface area contributed by atoms with Crippen LogP contribution in [0.4, 0.5) is 18.1 Å². The Morgan fingerprint density at radius 2 is 1.71 bits per heavy atom. The standard InChI is InChI=1S/C10H18F3NO3/c1-6(2)7(10(11,12)16)14(13)8(15)17-9(3,4)5/h6-7,16H,1-5H3/t7-/m0/s1. The molecule has 1 N–H and O–H groups in total. The van der Waals surface area contributed by atoms with Gasteiger partial charge in [-0.3, -0.25) is 0 Å². The van der Waals surface area contributed by atoms with Crippen molar-refractivity contribution in [3.63, 3.8) is 0 Å². The first-order valence-electron chi connectivity index (χ1n) is 5.14. The summed E-state index contributed by atoms with van der Waals surface area (Å²) in [4.78, 5) is 11.2. The summed E-state index contributed by atoms with van der Waals surface area (Å²) in [5.41, 5.74) is -1.01. The van der Waals surface area contributed by atoms with Gasteiger partial charge in [-0.15, -0.1) is 5.12 Å². The summed E-state index contributed by atoms with van der Waals surface area (Å²) in [6.45, 7) is 6.93. The van der Waals surface area contributed by atoms with Gasteiger partial charge < -0.3 is 9.84 Å². The third kappa shape index (κ3) is 5.25. The van der Waals surface area contributed by atoms with Gasteiger partial charge in [0.05, 0.1) is 0 Å². The van der Waals surface area contributed by atoms with Crippen molar-refractivity contribution >= 4 is 6.09 Å². The second-order valence-electron chi connectivity index (χ2n) is 5.07. The molecule has 4 nitrogen and oxygen atoms in total. The number of hydrogen-bond acceptors (Lipinski definition) is 3. The number of rotatable bonds is 3. The lowest BCUT2D eigenvalue weighted by atomic mass is 10.0. The highest BCUT2D eigenvalue weighted by Gasteiger charge is 2.47. The summed E-state index contributed by atoms with van der Waals surface area (Å²) in [6, 6.07) is -2.28. The Labute approximate surface area is 98.3 Å². The van der Waals surface area contributed by atoms with Crippen LogP contribution in [0.15, 0.2) is 0 Å². The van der Waals surface area contributed by atoms with E-state index in [4.69, 9.17) is 5.11 Å². The first kappa shape index (κ1) is 16.0. The van der Waals surface area contributed by atoms with Crippen LogP contribution in [0.2, 0.25) is 0 Å². The van der Waals surface area contributed by atoms with Crippen LogP contribution in [0.1, 0.15) is 34.6 Å². The van der Waals surface area contributed by atoms with Crippen molar-refractivity contribution in [2.45, 2.75) is 52.4 Å². The molecular formula is C10H18F3NO3. The summed E-state index contributed by atoms with van der Waals surface area (Å²) in [7, 11) is 0. The van der Waals surface area contributed by atoms with Crippen molar-refractivity contribution < 1.29 is 27.9 Å². The molecule has 0 heterocycles. The van der Waals surface area contributed by atoms with Crippen molar-refractivity contribution in [3.05, 3.63) is 0 Å². The molecule has 0 saturated carbocycles. The fourth-order valence-corrected chi connectivity index (χ4v) is 1.22. The van der Waals surface area contributed by atoms with E-state index < -0.39 is 34.9 Å². The molecule has 0 aliphatic carbocycles. The lowest BCUT2D eigenvalue weighted by Gasteiger charge is -2.31. The first-order valence-corrected chi connectivity index (χ1v) is 5.14. The number of carbonyl (C=O) groups is 1. The third-order valence-corrected chi connectivity index (χ3v) is 1.80. The first-order chi connectivity index (χ1) is 7.36. The van der Waals surface area contributed by atoms with E-state index in [1.54, 1.807) is 0 Å². The highest BCUT2D eigenvalue weighted by Crippen LogP contribution is 2.28. The third-order valence-electron chi connectivity index (χ3n) is 1.80. The average Bonchev–Trinajstić information content (AvgIpc) is 1.96. The molecule has 0 aliphatic rings. The van der Waals surface area contributed by atoms with Crippen molar-refractivity contribution in [2.75, 3.05) is 0 Å². The fraction of sp³-hybridized carbons (Fsp3) is 0.900. The molecule has 0 aliphatic heterocycles. The fourth-order valence-electron chi connectivity index (χ4n) is 1.22. The van der Waals surface area contributed by atoms with Gasteiger partial charge in [-0.25, -0.2) is 4.79 Å². The van der Waals surface area contributed by atoms with Crippen LogP contribution in [0.25, 0.3) is 0 Å². The molecule has 0 aromatic heterocycles. The minimum Gasteiger partial charge on any atom is -0.442 e. The van der Waals surface area contributed by atoms with Gasteiger partial charge in [0, 0.05) is 0 Å². The number of amides is 1. The van der Waals surface area contributed by atoms with Crippen molar-refractivity contribution in [2.24, 2.45) is 5.92 Å². The minimum atomic E-state index is -4.33. The van der Waals surface area contributed by atoms with Crippen LogP contribution in [-0.4, -0.2) is 34.1 Å². The van der Waals surface area contributed by atoms with Crippen LogP contribution in [0.5, 0.6) is 0 Å². The number of ether oxygens (including phenoxy) is 1. The second kappa shape index (κ2) is 5.12. The van der Waals surface area contributed by atoms with Crippen LogP contribution >= 0.6 is 0 Å². The van der Waals surface area contributed by atoms with Crippen LogP contribution in [0.3, 0.4) is 0 Å². The molecule has 0 bridgehead atoms. The van der Waals surface area contributed by atoms with Crippen LogP contribution < -0.4 is 0 Å². The van der Waals surface area contributed by atoms with Crippen molar-refractivity contribution in [1.29, 1.82) is 0 Å². The molecule has 17 heavy (non-hydrogen) atoms. The van der Waals surface area contributed by atoms with Crippen LogP contribution in [0, 0.1) is 5.92 Å². The molecule has 0 saturated heterocycles. The average molecular weight is 257 g/mol. The normalized spacial score (nSPS) is 14.7. The van der Waals surface area contributed by atoms with Gasteiger partial charge >= 0.3 is 12.2 Å². The predicted molar refractivity (Wildman–Crippen MR) is 55.0 cm³/mol. The molecule has 1 amide bonds. The number of nitrogens with zero attached hydrogens (tertiary/aromatic N) is 1. The van der Waals surface area contributed by atoms with Gasteiger partial charge in [0.15, 0.2) is 6.04 Å². The van der Waals surface area contributed by atoms with E-state index in [0.29, 0.717) is 0 Å². The van der Waals surface area contributed by atoms with E-state index in [-0.39, 0.29) is 0 Å². The minimum absolute atomic E-state index is 0.768. The largest absolute Gasteiger partial charge is 0.442 e. The van der Waals surface area contributed by atoms with Gasteiger partial charge in [-0.05, 0) is 26.7 Å². The van der Waals surface area contributed by atoms with E-state index in [0.717, 1.165) is 0 Å². The summed E-state index contributed by atoms with van der Waals surface area (Å²) in [5.74, 6) is -0.979. The Balaban J connectivity index is 4.87. The molecule has 0 aromatic carbocycles. The van der Waals surface area contributed by atoms with Crippen LogP contribution in [-0.2, 0) is 4.74 Å². The number of halogens is 3. The molecule has 0 fully saturated rings. The number of carbonyl (C=O) groups excluding carboxylic acids is 1. The Hall–Kier alpha value is -0.980. The van der Waals surface area contributed by atoms with Gasteiger partial charge in [0.2, 0.25) is 0 Å². The van der Waals surface area contributed by atoms with E-state index >= 15 is 0 Å². The second-order valence-corrected chi connectivity index (χ2v) is 5.07. The summed E-state index contributed by atoms with van der Waals surface area (Å²) < 4.78 is 43.5. The maximum atomic E-state index is 13.5. The lowest BCUT2D eigenvalue weighted by molar-refractivity contribution is -0.269. The molecule has 7 heteroatoms. The molecule has 0 rings (SSSR count). The topological polar surface area (TPSA) is 49.8 Å². The Kier molecular flexibility index (Phi) is 4.82. The molecule has 0 unspecified atom stereocenters. The Morgan fingerprint density at radius 1 is 1.29 bits per heavy atom. The number of alkyl halides is 2. The van der Waals surface area contributed by atoms with E-state index in [1.165, 1.54) is 34.6 Å². The zero-order valence-corrected chi connectivity index (χ0v) is 10.5. The highest BCUT2D eigenvalue weighted by molar-refractivity contribution is 5.67. The summed E-state index contributed by atoms with van der Waals surface area (Å²) in [5, 5.41) is 7.77. The quantitative estimate of drug-likeness (QED) is 0.791. The summed E-state index contributed by atoms with van der Waals surface area (Å²) >= 11 is 0. The van der Waals surface area contributed by atoms with Gasteiger partial charge in [0.1, 0.15) is 5.60 Å². The highest BCUT2D eigenvalue weighted by atomic mass is 19.3. The SMILES string of the molecule is CC(C)[C@H](N(F)C(=O)OC(C)(C)C)C(O)(F)F. The Bertz CT molecular complexity index is 271. The zero-order valence-electron chi connectivity index (χ0n) is 10.5. The molecule has 0 aromatic rings. The van der Waals surface area contributed by atoms with Gasteiger partial charge in [-0.1, -0.05) is 18.3 Å². The van der Waals surface area contributed by atoms with Crippen molar-refractivity contribution in [1.82, 2.24) is 5.12 Å². The summed E-state index contributed by atoms with van der Waals surface area (Å²) in [6.07, 6.45) is -5.88. The van der Waals surface area contributed by atoms with E-state index in [2.05, 4.69) is 4.74 Å². The molecule has 1 atom stereocenters.